The third-order valence-electron chi connectivity index (χ3n) is 2.48. The van der Waals surface area contributed by atoms with Crippen LogP contribution < -0.4 is 0 Å². The van der Waals surface area contributed by atoms with Gasteiger partial charge < -0.3 is 4.74 Å². The Morgan fingerprint density at radius 1 is 1.47 bits per heavy atom. The highest BCUT2D eigenvalue weighted by Crippen LogP contribution is 2.18. The van der Waals surface area contributed by atoms with Gasteiger partial charge in [-0.2, -0.15) is 0 Å². The molecule has 1 aromatic rings. The second kappa shape index (κ2) is 6.34. The summed E-state index contributed by atoms with van der Waals surface area (Å²) in [6.45, 7) is 1.46. The summed E-state index contributed by atoms with van der Waals surface area (Å²) in [5.74, 6) is -2.71. The maximum absolute atomic E-state index is 13.2. The van der Waals surface area contributed by atoms with Crippen LogP contribution in [0.25, 0.3) is 0 Å². The number of hydrogen-bond acceptors (Lipinski definition) is 4. The van der Waals surface area contributed by atoms with Gasteiger partial charge in [-0.3, -0.25) is 4.79 Å². The Hall–Kier alpha value is -1.14. The first-order chi connectivity index (χ1) is 8.75. The fourth-order valence-corrected chi connectivity index (χ4v) is 3.41. The van der Waals surface area contributed by atoms with Crippen molar-refractivity contribution in [3.63, 3.8) is 0 Å². The van der Waals surface area contributed by atoms with Crippen molar-refractivity contribution in [3.8, 4) is 0 Å². The number of ether oxygens (including phenoxy) is 1. The van der Waals surface area contributed by atoms with Crippen molar-refractivity contribution in [3.05, 3.63) is 34.6 Å². The lowest BCUT2D eigenvalue weighted by molar-refractivity contribution is -0.144. The van der Waals surface area contributed by atoms with Crippen LogP contribution in [0.15, 0.2) is 18.2 Å². The molecule has 0 saturated carbocycles. The summed E-state index contributed by atoms with van der Waals surface area (Å²) in [5, 5.41) is -0.0657. The van der Waals surface area contributed by atoms with Gasteiger partial charge in [0.25, 0.3) is 0 Å². The lowest BCUT2D eigenvalue weighted by Gasteiger charge is -2.10. The molecule has 0 N–H and O–H groups in total. The van der Waals surface area contributed by atoms with Gasteiger partial charge in [0, 0.05) is 0 Å². The van der Waals surface area contributed by atoms with Crippen LogP contribution in [0.1, 0.15) is 12.5 Å². The molecule has 0 amide bonds. The van der Waals surface area contributed by atoms with Crippen molar-refractivity contribution >= 4 is 27.4 Å². The minimum absolute atomic E-state index is 0.0657. The van der Waals surface area contributed by atoms with E-state index < -0.39 is 27.5 Å². The molecule has 0 aliphatic heterocycles. The van der Waals surface area contributed by atoms with Crippen molar-refractivity contribution in [2.45, 2.75) is 12.7 Å². The van der Waals surface area contributed by atoms with Gasteiger partial charge in [0.15, 0.2) is 9.84 Å². The minimum Gasteiger partial charge on any atom is -0.469 e. The third kappa shape index (κ3) is 4.80. The number of rotatable bonds is 5. The molecule has 1 atom stereocenters. The van der Waals surface area contributed by atoms with Crippen LogP contribution >= 0.6 is 11.6 Å². The molecule has 106 valence electrons. The lowest BCUT2D eigenvalue weighted by Crippen LogP contribution is -2.23. The Morgan fingerprint density at radius 3 is 2.63 bits per heavy atom. The molecular formula is C12H14ClFO4S. The molecule has 0 bridgehead atoms. The summed E-state index contributed by atoms with van der Waals surface area (Å²) < 4.78 is 41.4. The highest BCUT2D eigenvalue weighted by Gasteiger charge is 2.22. The maximum Gasteiger partial charge on any atom is 0.309 e. The Bertz CT molecular complexity index is 571. The number of halogens is 2. The molecule has 0 fully saturated rings. The number of sulfone groups is 1. The maximum atomic E-state index is 13.2. The molecule has 4 nitrogen and oxygen atoms in total. The van der Waals surface area contributed by atoms with Crippen LogP contribution in [0.3, 0.4) is 0 Å². The van der Waals surface area contributed by atoms with Crippen molar-refractivity contribution in [2.24, 2.45) is 5.92 Å². The van der Waals surface area contributed by atoms with Gasteiger partial charge >= 0.3 is 5.97 Å². The fourth-order valence-electron chi connectivity index (χ4n) is 1.59. The molecule has 0 spiro atoms. The van der Waals surface area contributed by atoms with E-state index in [-0.39, 0.29) is 16.5 Å². The zero-order valence-electron chi connectivity index (χ0n) is 10.5. The van der Waals surface area contributed by atoms with Crippen LogP contribution in [0.5, 0.6) is 0 Å². The summed E-state index contributed by atoms with van der Waals surface area (Å²) in [7, 11) is -2.33. The zero-order chi connectivity index (χ0) is 14.6. The van der Waals surface area contributed by atoms with Crippen molar-refractivity contribution in [2.75, 3.05) is 12.9 Å². The van der Waals surface area contributed by atoms with Crippen LogP contribution in [-0.4, -0.2) is 27.2 Å². The zero-order valence-corrected chi connectivity index (χ0v) is 12.1. The fraction of sp³-hybridized carbons (Fsp3) is 0.417. The molecule has 0 saturated heterocycles. The normalized spacial score (nSPS) is 13.1. The Balaban J connectivity index is 2.79. The van der Waals surface area contributed by atoms with E-state index in [0.717, 1.165) is 6.07 Å². The van der Waals surface area contributed by atoms with E-state index in [1.54, 1.807) is 0 Å². The SMILES string of the molecule is COC(=O)C(C)CS(=O)(=O)Cc1ccc(Cl)c(F)c1. The average Bonchev–Trinajstić information content (AvgIpc) is 2.31. The Morgan fingerprint density at radius 2 is 2.11 bits per heavy atom. The lowest BCUT2D eigenvalue weighted by atomic mass is 10.2. The van der Waals surface area contributed by atoms with Crippen LogP contribution in [0.4, 0.5) is 4.39 Å². The predicted molar refractivity (Wildman–Crippen MR) is 70.1 cm³/mol. The standard InChI is InChI=1S/C12H14ClFO4S/c1-8(12(15)18-2)6-19(16,17)7-9-3-4-10(13)11(14)5-9/h3-5,8H,6-7H2,1-2H3. The monoisotopic (exact) mass is 308 g/mol. The minimum atomic E-state index is -3.53. The first kappa shape index (κ1) is 15.9. The van der Waals surface area contributed by atoms with E-state index in [2.05, 4.69) is 4.74 Å². The first-order valence-electron chi connectivity index (χ1n) is 5.47. The smallest absolute Gasteiger partial charge is 0.309 e. The quantitative estimate of drug-likeness (QED) is 0.782. The van der Waals surface area contributed by atoms with Crippen molar-refractivity contribution in [1.82, 2.24) is 0 Å². The van der Waals surface area contributed by atoms with E-state index in [9.17, 15) is 17.6 Å². The van der Waals surface area contributed by atoms with E-state index in [1.165, 1.54) is 26.2 Å². The molecular weight excluding hydrogens is 295 g/mol. The van der Waals surface area contributed by atoms with E-state index >= 15 is 0 Å². The molecule has 0 aromatic heterocycles. The molecule has 1 aromatic carbocycles. The second-order valence-electron chi connectivity index (χ2n) is 4.23. The molecule has 0 radical (unpaired) electrons. The second-order valence-corrected chi connectivity index (χ2v) is 6.74. The van der Waals surface area contributed by atoms with Crippen molar-refractivity contribution in [1.29, 1.82) is 0 Å². The van der Waals surface area contributed by atoms with E-state index in [4.69, 9.17) is 11.6 Å². The highest BCUT2D eigenvalue weighted by atomic mass is 35.5. The van der Waals surface area contributed by atoms with Gasteiger partial charge in [0.05, 0.1) is 29.6 Å². The number of methoxy groups -OCH3 is 1. The number of benzene rings is 1. The summed E-state index contributed by atoms with van der Waals surface area (Å²) in [4.78, 5) is 11.2. The summed E-state index contributed by atoms with van der Waals surface area (Å²) >= 11 is 5.51. The highest BCUT2D eigenvalue weighted by molar-refractivity contribution is 7.90. The topological polar surface area (TPSA) is 60.4 Å². The molecule has 1 unspecified atom stereocenters. The Labute approximate surface area is 116 Å². The van der Waals surface area contributed by atoms with Gasteiger partial charge in [0.2, 0.25) is 0 Å². The van der Waals surface area contributed by atoms with Crippen LogP contribution in [0.2, 0.25) is 5.02 Å². The van der Waals surface area contributed by atoms with Gasteiger partial charge in [-0.25, -0.2) is 12.8 Å². The first-order valence-corrected chi connectivity index (χ1v) is 7.67. The van der Waals surface area contributed by atoms with E-state index in [1.807, 2.05) is 0 Å². The van der Waals surface area contributed by atoms with Gasteiger partial charge in [0.1, 0.15) is 5.82 Å². The van der Waals surface area contributed by atoms with Gasteiger partial charge in [-0.15, -0.1) is 0 Å². The summed E-state index contributed by atoms with van der Waals surface area (Å²) in [6, 6.07) is 3.81. The third-order valence-corrected chi connectivity index (χ3v) is 4.57. The number of carbonyl (C=O) groups is 1. The summed E-state index contributed by atoms with van der Waals surface area (Å²) in [6.07, 6.45) is 0. The molecule has 0 aliphatic rings. The summed E-state index contributed by atoms with van der Waals surface area (Å²) in [5.41, 5.74) is 0.291. The average molecular weight is 309 g/mol. The molecule has 7 heteroatoms. The number of hydrogen-bond donors (Lipinski definition) is 0. The van der Waals surface area contributed by atoms with E-state index in [0.29, 0.717) is 5.56 Å². The van der Waals surface area contributed by atoms with Gasteiger partial charge in [-0.05, 0) is 17.7 Å². The number of carbonyl (C=O) groups excluding carboxylic acids is 1. The molecule has 0 aliphatic carbocycles. The van der Waals surface area contributed by atoms with Crippen molar-refractivity contribution < 1.29 is 22.3 Å². The van der Waals surface area contributed by atoms with Crippen LogP contribution in [0, 0.1) is 11.7 Å². The van der Waals surface area contributed by atoms with Crippen LogP contribution in [-0.2, 0) is 25.1 Å². The Kier molecular flexibility index (Phi) is 5.31. The predicted octanol–water partition coefficient (Wildman–Crippen LogP) is 2.20. The van der Waals surface area contributed by atoms with Gasteiger partial charge in [-0.1, -0.05) is 24.6 Å². The molecule has 1 rings (SSSR count). The molecule has 19 heavy (non-hydrogen) atoms. The molecule has 0 heterocycles. The largest absolute Gasteiger partial charge is 0.469 e. The number of esters is 1.